The lowest BCUT2D eigenvalue weighted by atomic mass is 9.84. The summed E-state index contributed by atoms with van der Waals surface area (Å²) in [6.07, 6.45) is 2.03. The second kappa shape index (κ2) is 10.2. The lowest BCUT2D eigenvalue weighted by Gasteiger charge is -2.40. The van der Waals surface area contributed by atoms with Crippen LogP contribution < -0.4 is 15.5 Å². The zero-order chi connectivity index (χ0) is 23.3. The molecule has 1 atom stereocenters. The lowest BCUT2D eigenvalue weighted by Crippen LogP contribution is -2.55. The first-order valence-electron chi connectivity index (χ1n) is 10.9. The van der Waals surface area contributed by atoms with Crippen molar-refractivity contribution in [2.75, 3.05) is 29.9 Å². The van der Waals surface area contributed by atoms with Gasteiger partial charge in [0.05, 0.1) is 11.5 Å². The van der Waals surface area contributed by atoms with E-state index in [0.717, 1.165) is 23.4 Å². The van der Waals surface area contributed by atoms with Gasteiger partial charge in [0, 0.05) is 18.8 Å². The number of nitrogens with one attached hydrogen (secondary N) is 2. The van der Waals surface area contributed by atoms with Crippen LogP contribution >= 0.6 is 11.3 Å². The third-order valence-corrected chi connectivity index (χ3v) is 6.68. The van der Waals surface area contributed by atoms with Gasteiger partial charge in [0.15, 0.2) is 0 Å². The summed E-state index contributed by atoms with van der Waals surface area (Å²) in [5.41, 5.74) is 1.66. The fraction of sp³-hybridized carbons (Fsp3) is 0.458. The molecule has 0 radical (unpaired) electrons. The average Bonchev–Trinajstić information content (AvgIpc) is 3.16. The minimum Gasteiger partial charge on any atom is -0.340 e. The average molecular weight is 457 g/mol. The van der Waals surface area contributed by atoms with E-state index in [1.165, 1.54) is 16.2 Å². The summed E-state index contributed by atoms with van der Waals surface area (Å²) in [6.45, 7) is 9.14. The van der Waals surface area contributed by atoms with Gasteiger partial charge in [0.1, 0.15) is 6.04 Å². The van der Waals surface area contributed by atoms with E-state index in [9.17, 15) is 14.4 Å². The van der Waals surface area contributed by atoms with Crippen molar-refractivity contribution in [2.45, 2.75) is 46.6 Å². The highest BCUT2D eigenvalue weighted by Gasteiger charge is 2.35. The first kappa shape index (κ1) is 23.8. The highest BCUT2D eigenvalue weighted by Crippen LogP contribution is 2.29. The Bertz CT molecular complexity index is 957. The largest absolute Gasteiger partial charge is 0.340 e. The Morgan fingerprint density at radius 1 is 1.19 bits per heavy atom. The van der Waals surface area contributed by atoms with E-state index in [1.807, 2.05) is 41.5 Å². The van der Waals surface area contributed by atoms with E-state index < -0.39 is 12.1 Å². The van der Waals surface area contributed by atoms with E-state index >= 15 is 0 Å². The number of para-hydroxylation sites is 1. The maximum Gasteiger partial charge on any atom is 0.320 e. The van der Waals surface area contributed by atoms with Crippen LogP contribution in [-0.2, 0) is 9.59 Å². The number of benzene rings is 1. The normalized spacial score (nSPS) is 16.2. The Kier molecular flexibility index (Phi) is 7.56. The van der Waals surface area contributed by atoms with E-state index in [4.69, 9.17) is 0 Å². The number of hydrogen-bond donors (Lipinski definition) is 2. The van der Waals surface area contributed by atoms with Crippen LogP contribution in [0, 0.1) is 12.3 Å². The molecule has 2 aromatic rings. The predicted molar refractivity (Wildman–Crippen MR) is 129 cm³/mol. The molecule has 8 heteroatoms. The molecule has 32 heavy (non-hydrogen) atoms. The Balaban J connectivity index is 1.71. The third kappa shape index (κ3) is 5.88. The maximum absolute atomic E-state index is 13.3. The minimum atomic E-state index is -0.678. The number of anilines is 2. The van der Waals surface area contributed by atoms with Crippen LogP contribution in [0.15, 0.2) is 41.8 Å². The van der Waals surface area contributed by atoms with Crippen molar-refractivity contribution in [3.8, 4) is 0 Å². The van der Waals surface area contributed by atoms with Crippen LogP contribution in [0.1, 0.15) is 39.2 Å². The lowest BCUT2D eigenvalue weighted by molar-refractivity contribution is -0.136. The Morgan fingerprint density at radius 3 is 2.53 bits per heavy atom. The number of thiophene rings is 1. The van der Waals surface area contributed by atoms with Gasteiger partial charge >= 0.3 is 6.03 Å². The summed E-state index contributed by atoms with van der Waals surface area (Å²) >= 11 is 1.42. The summed E-state index contributed by atoms with van der Waals surface area (Å²) in [4.78, 5) is 42.1. The molecular formula is C24H32N4O3S. The second-order valence-corrected chi connectivity index (χ2v) is 9.96. The first-order valence-corrected chi connectivity index (χ1v) is 11.8. The van der Waals surface area contributed by atoms with Crippen LogP contribution in [0.2, 0.25) is 0 Å². The number of amides is 4. The quantitative estimate of drug-likeness (QED) is 0.682. The highest BCUT2D eigenvalue weighted by molar-refractivity contribution is 7.14. The van der Waals surface area contributed by atoms with E-state index in [-0.39, 0.29) is 23.8 Å². The van der Waals surface area contributed by atoms with Gasteiger partial charge in [-0.2, -0.15) is 0 Å². The van der Waals surface area contributed by atoms with Gasteiger partial charge in [-0.25, -0.2) is 4.79 Å². The van der Waals surface area contributed by atoms with Crippen molar-refractivity contribution in [2.24, 2.45) is 5.41 Å². The summed E-state index contributed by atoms with van der Waals surface area (Å²) < 4.78 is 0. The van der Waals surface area contributed by atoms with Crippen molar-refractivity contribution in [3.05, 3.63) is 47.3 Å². The van der Waals surface area contributed by atoms with Crippen LogP contribution in [0.4, 0.5) is 15.5 Å². The van der Waals surface area contributed by atoms with E-state index in [1.54, 1.807) is 19.1 Å². The summed E-state index contributed by atoms with van der Waals surface area (Å²) in [6, 6.07) is 9.91. The maximum atomic E-state index is 13.3. The smallest absolute Gasteiger partial charge is 0.320 e. The molecule has 1 aliphatic heterocycles. The molecule has 0 saturated carbocycles. The van der Waals surface area contributed by atoms with Crippen LogP contribution in [0.25, 0.3) is 0 Å². The van der Waals surface area contributed by atoms with Gasteiger partial charge in [0.25, 0.3) is 0 Å². The molecular weight excluding hydrogens is 424 g/mol. The minimum absolute atomic E-state index is 0.0643. The Morgan fingerprint density at radius 2 is 1.91 bits per heavy atom. The van der Waals surface area contributed by atoms with Crippen molar-refractivity contribution < 1.29 is 14.4 Å². The Hall–Kier alpha value is -2.87. The molecule has 4 amide bonds. The Labute approximate surface area is 193 Å². The van der Waals surface area contributed by atoms with Gasteiger partial charge < -0.3 is 10.2 Å². The van der Waals surface area contributed by atoms with Crippen LogP contribution in [-0.4, -0.2) is 48.4 Å². The summed E-state index contributed by atoms with van der Waals surface area (Å²) in [7, 11) is 0. The molecule has 1 saturated heterocycles. The number of piperidine rings is 1. The molecule has 172 valence electrons. The molecule has 0 aliphatic carbocycles. The standard InChI is InChI=1S/C24H32N4O3S/c1-17-11-14-32-21(17)26-23(31)25-15-20(29)28(19-9-6-5-7-10-19)18(2)22(30)27-13-8-12-24(3,4)16-27/h5-7,9-11,14,18H,8,12-13,15-16H2,1-4H3,(H2,25,26,31). The first-order chi connectivity index (χ1) is 15.2. The summed E-state index contributed by atoms with van der Waals surface area (Å²) in [5.74, 6) is -0.417. The molecule has 1 aromatic carbocycles. The molecule has 0 bridgehead atoms. The molecule has 2 heterocycles. The molecule has 1 fully saturated rings. The SMILES string of the molecule is Cc1ccsc1NC(=O)NCC(=O)N(c1ccccc1)C(C)C(=O)N1CCCC(C)(C)C1. The fourth-order valence-electron chi connectivity index (χ4n) is 4.05. The highest BCUT2D eigenvalue weighted by atomic mass is 32.1. The number of carbonyl (C=O) groups excluding carboxylic acids is 3. The molecule has 2 N–H and O–H groups in total. The van der Waals surface area contributed by atoms with Crippen LogP contribution in [0.5, 0.6) is 0 Å². The van der Waals surface area contributed by atoms with Gasteiger partial charge in [-0.15, -0.1) is 11.3 Å². The topological polar surface area (TPSA) is 81.8 Å². The number of hydrogen-bond acceptors (Lipinski definition) is 4. The van der Waals surface area contributed by atoms with Crippen molar-refractivity contribution in [1.82, 2.24) is 10.2 Å². The zero-order valence-corrected chi connectivity index (χ0v) is 20.0. The molecule has 1 aromatic heterocycles. The second-order valence-electron chi connectivity index (χ2n) is 9.04. The van der Waals surface area contributed by atoms with E-state index in [0.29, 0.717) is 18.8 Å². The number of likely N-dealkylation sites (tertiary alicyclic amines) is 1. The van der Waals surface area contributed by atoms with Gasteiger partial charge in [0.2, 0.25) is 11.8 Å². The van der Waals surface area contributed by atoms with Gasteiger partial charge in [-0.1, -0.05) is 32.0 Å². The van der Waals surface area contributed by atoms with Crippen molar-refractivity contribution in [3.63, 3.8) is 0 Å². The molecule has 3 rings (SSSR count). The number of rotatable bonds is 6. The number of urea groups is 1. The number of aryl methyl sites for hydroxylation is 1. The van der Waals surface area contributed by atoms with Gasteiger partial charge in [-0.3, -0.25) is 19.8 Å². The third-order valence-electron chi connectivity index (χ3n) is 5.75. The zero-order valence-electron chi connectivity index (χ0n) is 19.2. The predicted octanol–water partition coefficient (Wildman–Crippen LogP) is 4.25. The molecule has 7 nitrogen and oxygen atoms in total. The number of nitrogens with zero attached hydrogens (tertiary/aromatic N) is 2. The molecule has 0 spiro atoms. The molecule has 1 unspecified atom stereocenters. The van der Waals surface area contributed by atoms with Crippen LogP contribution in [0.3, 0.4) is 0 Å². The van der Waals surface area contributed by atoms with Crippen molar-refractivity contribution in [1.29, 1.82) is 0 Å². The van der Waals surface area contributed by atoms with Crippen molar-refractivity contribution >= 4 is 39.9 Å². The fourth-order valence-corrected chi connectivity index (χ4v) is 4.86. The van der Waals surface area contributed by atoms with E-state index in [2.05, 4.69) is 24.5 Å². The van der Waals surface area contributed by atoms with Gasteiger partial charge in [-0.05, 0) is 61.2 Å². The number of carbonyl (C=O) groups is 3. The molecule has 1 aliphatic rings. The summed E-state index contributed by atoms with van der Waals surface area (Å²) in [5, 5.41) is 8.02. The monoisotopic (exact) mass is 456 g/mol.